The van der Waals surface area contributed by atoms with Crippen molar-refractivity contribution in [3.8, 4) is 5.75 Å². The molecule has 0 bridgehead atoms. The summed E-state index contributed by atoms with van der Waals surface area (Å²) in [6.07, 6.45) is 1.31. The van der Waals surface area contributed by atoms with Crippen LogP contribution in [0.5, 0.6) is 5.75 Å². The zero-order valence-corrected chi connectivity index (χ0v) is 17.0. The Morgan fingerprint density at radius 3 is 2.66 bits per heavy atom. The Labute approximate surface area is 179 Å². The standard InChI is InChI=1S/C20H13BrClN3O4/c21-13-8-12(19(26)18(9-13)25(28)29)11-23-14-4-3-5-15(10-14)24-20(27)16-6-1-2-7-17(16)22/h1-11,26H,(H,24,27). The van der Waals surface area contributed by atoms with Gasteiger partial charge in [0.25, 0.3) is 5.91 Å². The maximum Gasteiger partial charge on any atom is 0.312 e. The first kappa shape index (κ1) is 20.5. The number of phenolic OH excluding ortho intramolecular Hbond substituents is 1. The van der Waals surface area contributed by atoms with Crippen LogP contribution < -0.4 is 5.32 Å². The number of anilines is 1. The van der Waals surface area contributed by atoms with Gasteiger partial charge in [0.1, 0.15) is 0 Å². The first-order valence-corrected chi connectivity index (χ1v) is 9.39. The third-order valence-electron chi connectivity index (χ3n) is 3.86. The molecule has 146 valence electrons. The molecular formula is C20H13BrClN3O4. The smallest absolute Gasteiger partial charge is 0.312 e. The number of aromatic hydroxyl groups is 1. The van der Waals surface area contributed by atoms with Gasteiger partial charge in [-0.1, -0.05) is 45.7 Å². The minimum absolute atomic E-state index is 0.177. The minimum atomic E-state index is -0.678. The molecule has 0 aromatic heterocycles. The quantitative estimate of drug-likeness (QED) is 0.280. The normalized spacial score (nSPS) is 10.8. The molecule has 0 saturated heterocycles. The lowest BCUT2D eigenvalue weighted by molar-refractivity contribution is -0.385. The summed E-state index contributed by atoms with van der Waals surface area (Å²) in [4.78, 5) is 26.9. The number of nitrogens with one attached hydrogen (secondary N) is 1. The molecule has 3 rings (SSSR count). The molecule has 0 heterocycles. The van der Waals surface area contributed by atoms with Gasteiger partial charge in [-0.15, -0.1) is 0 Å². The fourth-order valence-electron chi connectivity index (χ4n) is 2.49. The topological polar surface area (TPSA) is 105 Å². The van der Waals surface area contributed by atoms with Crippen LogP contribution in [0.25, 0.3) is 0 Å². The van der Waals surface area contributed by atoms with Gasteiger partial charge in [-0.3, -0.25) is 19.9 Å². The van der Waals surface area contributed by atoms with Crippen LogP contribution in [0.3, 0.4) is 0 Å². The average Bonchev–Trinajstić information content (AvgIpc) is 2.68. The van der Waals surface area contributed by atoms with E-state index < -0.39 is 16.4 Å². The fraction of sp³-hybridized carbons (Fsp3) is 0. The number of amides is 1. The molecule has 0 aliphatic heterocycles. The molecule has 29 heavy (non-hydrogen) atoms. The largest absolute Gasteiger partial charge is 0.502 e. The van der Waals surface area contributed by atoms with Crippen molar-refractivity contribution in [1.29, 1.82) is 0 Å². The summed E-state index contributed by atoms with van der Waals surface area (Å²) in [5.74, 6) is -0.845. The summed E-state index contributed by atoms with van der Waals surface area (Å²) < 4.78 is 0.434. The van der Waals surface area contributed by atoms with Gasteiger partial charge in [0.15, 0.2) is 0 Å². The van der Waals surface area contributed by atoms with Crippen molar-refractivity contribution in [1.82, 2.24) is 0 Å². The lowest BCUT2D eigenvalue weighted by atomic mass is 10.2. The van der Waals surface area contributed by atoms with E-state index in [0.29, 0.717) is 26.4 Å². The van der Waals surface area contributed by atoms with E-state index in [1.807, 2.05) is 0 Å². The van der Waals surface area contributed by atoms with Crippen LogP contribution in [0.1, 0.15) is 15.9 Å². The molecule has 0 radical (unpaired) electrons. The Morgan fingerprint density at radius 2 is 1.93 bits per heavy atom. The van der Waals surface area contributed by atoms with Crippen LogP contribution in [-0.2, 0) is 0 Å². The number of nitro groups is 1. The molecule has 0 unspecified atom stereocenters. The van der Waals surface area contributed by atoms with Crippen molar-refractivity contribution in [3.63, 3.8) is 0 Å². The van der Waals surface area contributed by atoms with Crippen molar-refractivity contribution < 1.29 is 14.8 Å². The van der Waals surface area contributed by atoms with Crippen LogP contribution >= 0.6 is 27.5 Å². The highest BCUT2D eigenvalue weighted by atomic mass is 79.9. The Bertz CT molecular complexity index is 1130. The van der Waals surface area contributed by atoms with Gasteiger partial charge >= 0.3 is 5.69 Å². The predicted molar refractivity (Wildman–Crippen MR) is 116 cm³/mol. The highest BCUT2D eigenvalue weighted by molar-refractivity contribution is 9.10. The first-order chi connectivity index (χ1) is 13.8. The summed E-state index contributed by atoms with van der Waals surface area (Å²) in [5.41, 5.74) is 1.06. The van der Waals surface area contributed by atoms with Crippen LogP contribution in [0.2, 0.25) is 5.02 Å². The Hall–Kier alpha value is -3.23. The van der Waals surface area contributed by atoms with Crippen molar-refractivity contribution >= 4 is 56.7 Å². The second-order valence-electron chi connectivity index (χ2n) is 5.86. The van der Waals surface area contributed by atoms with E-state index in [1.54, 1.807) is 48.5 Å². The van der Waals surface area contributed by atoms with Crippen LogP contribution in [0, 0.1) is 10.1 Å². The van der Waals surface area contributed by atoms with E-state index in [-0.39, 0.29) is 11.5 Å². The number of hydrogen-bond acceptors (Lipinski definition) is 5. The minimum Gasteiger partial charge on any atom is -0.502 e. The maximum atomic E-state index is 12.4. The molecule has 0 atom stereocenters. The zero-order chi connectivity index (χ0) is 21.0. The van der Waals surface area contributed by atoms with E-state index in [2.05, 4.69) is 26.2 Å². The second-order valence-corrected chi connectivity index (χ2v) is 7.19. The fourth-order valence-corrected chi connectivity index (χ4v) is 3.18. The molecule has 0 fully saturated rings. The molecular weight excluding hydrogens is 462 g/mol. The summed E-state index contributed by atoms with van der Waals surface area (Å²) in [6, 6.07) is 16.1. The van der Waals surface area contributed by atoms with Gasteiger partial charge in [-0.05, 0) is 36.4 Å². The zero-order valence-electron chi connectivity index (χ0n) is 14.7. The van der Waals surface area contributed by atoms with Crippen LogP contribution in [0.15, 0.2) is 70.1 Å². The molecule has 0 saturated carbocycles. The SMILES string of the molecule is O=C(Nc1cccc(N=Cc2cc(Br)cc([N+](=O)[O-])c2O)c1)c1ccccc1Cl. The van der Waals surface area contributed by atoms with Gasteiger partial charge in [0.05, 0.1) is 21.2 Å². The Kier molecular flexibility index (Phi) is 6.26. The first-order valence-electron chi connectivity index (χ1n) is 8.22. The van der Waals surface area contributed by atoms with Crippen molar-refractivity contribution in [2.75, 3.05) is 5.32 Å². The highest BCUT2D eigenvalue weighted by Gasteiger charge is 2.17. The third-order valence-corrected chi connectivity index (χ3v) is 4.64. The average molecular weight is 475 g/mol. The molecule has 1 amide bonds. The van der Waals surface area contributed by atoms with Crippen molar-refractivity contribution in [2.24, 2.45) is 4.99 Å². The monoisotopic (exact) mass is 473 g/mol. The number of benzene rings is 3. The summed E-state index contributed by atoms with van der Waals surface area (Å²) in [6.45, 7) is 0. The number of carbonyl (C=O) groups excluding carboxylic acids is 1. The molecule has 3 aromatic carbocycles. The molecule has 3 aromatic rings. The van der Waals surface area contributed by atoms with E-state index in [1.165, 1.54) is 18.3 Å². The number of rotatable bonds is 5. The van der Waals surface area contributed by atoms with Gasteiger partial charge in [-0.25, -0.2) is 0 Å². The van der Waals surface area contributed by atoms with E-state index >= 15 is 0 Å². The lowest BCUT2D eigenvalue weighted by Crippen LogP contribution is -2.12. The highest BCUT2D eigenvalue weighted by Crippen LogP contribution is 2.33. The Balaban J connectivity index is 1.83. The molecule has 0 spiro atoms. The van der Waals surface area contributed by atoms with Gasteiger partial charge in [-0.2, -0.15) is 0 Å². The molecule has 2 N–H and O–H groups in total. The maximum absolute atomic E-state index is 12.4. The second kappa shape index (κ2) is 8.85. The van der Waals surface area contributed by atoms with E-state index in [9.17, 15) is 20.0 Å². The number of nitrogens with zero attached hydrogens (tertiary/aromatic N) is 2. The number of aliphatic imine (C=N–C) groups is 1. The number of carbonyl (C=O) groups is 1. The number of hydrogen-bond donors (Lipinski definition) is 2. The molecule has 0 aliphatic carbocycles. The van der Waals surface area contributed by atoms with Crippen LogP contribution in [-0.4, -0.2) is 22.2 Å². The lowest BCUT2D eigenvalue weighted by Gasteiger charge is -2.07. The molecule has 9 heteroatoms. The van der Waals surface area contributed by atoms with Crippen molar-refractivity contribution in [2.45, 2.75) is 0 Å². The van der Waals surface area contributed by atoms with Gasteiger partial charge in [0.2, 0.25) is 5.75 Å². The summed E-state index contributed by atoms with van der Waals surface area (Å²) in [7, 11) is 0. The van der Waals surface area contributed by atoms with Crippen molar-refractivity contribution in [3.05, 3.63) is 91.4 Å². The van der Waals surface area contributed by atoms with Gasteiger partial charge in [0, 0.05) is 28.0 Å². The summed E-state index contributed by atoms with van der Waals surface area (Å²) in [5, 5.41) is 24.2. The number of phenols is 1. The Morgan fingerprint density at radius 1 is 1.17 bits per heavy atom. The van der Waals surface area contributed by atoms with Crippen LogP contribution in [0.4, 0.5) is 17.1 Å². The predicted octanol–water partition coefficient (Wildman–Crippen LogP) is 5.72. The third kappa shape index (κ3) is 4.98. The number of nitro benzene ring substituents is 1. The van der Waals surface area contributed by atoms with E-state index in [4.69, 9.17) is 11.6 Å². The molecule has 7 nitrogen and oxygen atoms in total. The molecule has 0 aliphatic rings. The number of halogens is 2. The summed E-state index contributed by atoms with van der Waals surface area (Å²) >= 11 is 9.21. The van der Waals surface area contributed by atoms with Gasteiger partial charge < -0.3 is 10.4 Å². The van der Waals surface area contributed by atoms with E-state index in [0.717, 1.165) is 0 Å².